The number of benzene rings is 3. The van der Waals surface area contributed by atoms with E-state index in [0.29, 0.717) is 17.4 Å². The van der Waals surface area contributed by atoms with Crippen molar-refractivity contribution >= 4 is 23.4 Å². The van der Waals surface area contributed by atoms with E-state index in [1.165, 1.54) is 11.1 Å². The molecule has 1 aromatic heterocycles. The molecular weight excluding hydrogens is 414 g/mol. The van der Waals surface area contributed by atoms with E-state index in [1.54, 1.807) is 11.8 Å². The first kappa shape index (κ1) is 20.5. The lowest BCUT2D eigenvalue weighted by Gasteiger charge is -2.12. The molecule has 0 aliphatic heterocycles. The number of thioether (sulfide) groups is 1. The molecule has 4 nitrogen and oxygen atoms in total. The summed E-state index contributed by atoms with van der Waals surface area (Å²) in [4.78, 5) is 0. The number of aryl methyl sites for hydroxylation is 2. The van der Waals surface area contributed by atoms with Gasteiger partial charge in [0.25, 0.3) is 0 Å². The summed E-state index contributed by atoms with van der Waals surface area (Å²) in [6.45, 7) is 4.76. The molecule has 1 heterocycles. The summed E-state index contributed by atoms with van der Waals surface area (Å²) in [6.07, 6.45) is 0. The highest BCUT2D eigenvalue weighted by molar-refractivity contribution is 7.99. The summed E-state index contributed by atoms with van der Waals surface area (Å²) in [5.74, 6) is 2.25. The summed E-state index contributed by atoms with van der Waals surface area (Å²) >= 11 is 7.78. The molecule has 0 fully saturated rings. The zero-order valence-corrected chi connectivity index (χ0v) is 18.5. The van der Waals surface area contributed by atoms with Crippen molar-refractivity contribution in [1.82, 2.24) is 14.8 Å². The van der Waals surface area contributed by atoms with Gasteiger partial charge in [0.05, 0.1) is 17.3 Å². The molecule has 0 N–H and O–H groups in total. The second-order valence-electron chi connectivity index (χ2n) is 6.90. The molecule has 0 aliphatic rings. The van der Waals surface area contributed by atoms with Crippen LogP contribution in [0.5, 0.6) is 5.75 Å². The highest BCUT2D eigenvalue weighted by atomic mass is 35.5. The Bertz CT molecular complexity index is 1140. The maximum atomic E-state index is 6.17. The standard InChI is InChI=1S/C24H22ClN3OS/c1-17-12-13-20(16-18(17)2)28-23(19-8-4-3-5-9-19)26-27-24(28)30-15-14-29-22-11-7-6-10-21(22)25/h3-13,16H,14-15H2,1-2H3. The highest BCUT2D eigenvalue weighted by Crippen LogP contribution is 2.29. The Balaban J connectivity index is 1.59. The molecule has 30 heavy (non-hydrogen) atoms. The van der Waals surface area contributed by atoms with Gasteiger partial charge >= 0.3 is 0 Å². The van der Waals surface area contributed by atoms with Crippen LogP contribution in [-0.4, -0.2) is 27.1 Å². The molecule has 4 aromatic rings. The van der Waals surface area contributed by atoms with Crippen molar-refractivity contribution in [2.45, 2.75) is 19.0 Å². The zero-order chi connectivity index (χ0) is 20.9. The fourth-order valence-electron chi connectivity index (χ4n) is 3.08. The Kier molecular flexibility index (Phi) is 6.41. The van der Waals surface area contributed by atoms with Crippen molar-refractivity contribution in [3.63, 3.8) is 0 Å². The molecule has 0 aliphatic carbocycles. The number of para-hydroxylation sites is 1. The fourth-order valence-corrected chi connectivity index (χ4v) is 4.04. The van der Waals surface area contributed by atoms with Gasteiger partial charge in [-0.3, -0.25) is 4.57 Å². The van der Waals surface area contributed by atoms with E-state index in [0.717, 1.165) is 28.0 Å². The van der Waals surface area contributed by atoms with Crippen LogP contribution >= 0.6 is 23.4 Å². The molecule has 0 bridgehead atoms. The first-order chi connectivity index (χ1) is 14.6. The molecule has 0 saturated heterocycles. The van der Waals surface area contributed by atoms with Gasteiger partial charge in [0.1, 0.15) is 5.75 Å². The monoisotopic (exact) mass is 435 g/mol. The molecule has 0 atom stereocenters. The molecule has 0 saturated carbocycles. The maximum absolute atomic E-state index is 6.17. The van der Waals surface area contributed by atoms with E-state index in [2.05, 4.69) is 58.9 Å². The molecule has 0 amide bonds. The number of nitrogens with zero attached hydrogens (tertiary/aromatic N) is 3. The van der Waals surface area contributed by atoms with Gasteiger partial charge in [-0.15, -0.1) is 10.2 Å². The first-order valence-corrected chi connectivity index (χ1v) is 11.1. The van der Waals surface area contributed by atoms with E-state index >= 15 is 0 Å². The Morgan fingerprint density at radius 1 is 0.900 bits per heavy atom. The molecule has 0 unspecified atom stereocenters. The summed E-state index contributed by atoms with van der Waals surface area (Å²) in [6, 6.07) is 24.1. The Morgan fingerprint density at radius 3 is 2.43 bits per heavy atom. The molecule has 152 valence electrons. The third-order valence-electron chi connectivity index (χ3n) is 4.82. The van der Waals surface area contributed by atoms with E-state index in [9.17, 15) is 0 Å². The summed E-state index contributed by atoms with van der Waals surface area (Å²) < 4.78 is 7.93. The number of hydrogen-bond donors (Lipinski definition) is 0. The van der Waals surface area contributed by atoms with Crippen LogP contribution in [0.2, 0.25) is 5.02 Å². The minimum atomic E-state index is 0.523. The first-order valence-electron chi connectivity index (χ1n) is 9.72. The zero-order valence-electron chi connectivity index (χ0n) is 16.9. The smallest absolute Gasteiger partial charge is 0.196 e. The Hall–Kier alpha value is -2.76. The Labute approximate surface area is 185 Å². The maximum Gasteiger partial charge on any atom is 0.196 e. The van der Waals surface area contributed by atoms with Gasteiger partial charge in [-0.2, -0.15) is 0 Å². The second kappa shape index (κ2) is 9.37. The lowest BCUT2D eigenvalue weighted by molar-refractivity contribution is 0.344. The van der Waals surface area contributed by atoms with Gasteiger partial charge in [-0.05, 0) is 49.2 Å². The van der Waals surface area contributed by atoms with Crippen LogP contribution in [0.1, 0.15) is 11.1 Å². The SMILES string of the molecule is Cc1ccc(-n2c(SCCOc3ccccc3Cl)nnc2-c2ccccc2)cc1C. The predicted octanol–water partition coefficient (Wildman–Crippen LogP) is 6.38. The van der Waals surface area contributed by atoms with Gasteiger partial charge in [0.2, 0.25) is 0 Å². The number of halogens is 1. The van der Waals surface area contributed by atoms with E-state index < -0.39 is 0 Å². The minimum absolute atomic E-state index is 0.523. The van der Waals surface area contributed by atoms with Crippen molar-refractivity contribution in [3.8, 4) is 22.8 Å². The largest absolute Gasteiger partial charge is 0.491 e. The molecular formula is C24H22ClN3OS. The average Bonchev–Trinajstić information content (AvgIpc) is 3.19. The number of hydrogen-bond acceptors (Lipinski definition) is 4. The molecule has 4 rings (SSSR count). The molecule has 6 heteroatoms. The van der Waals surface area contributed by atoms with E-state index in [-0.39, 0.29) is 0 Å². The highest BCUT2D eigenvalue weighted by Gasteiger charge is 2.16. The topological polar surface area (TPSA) is 39.9 Å². The minimum Gasteiger partial charge on any atom is -0.491 e. The van der Waals surface area contributed by atoms with Crippen LogP contribution in [0.15, 0.2) is 78.0 Å². The predicted molar refractivity (Wildman–Crippen MR) is 124 cm³/mol. The molecule has 0 spiro atoms. The van der Waals surface area contributed by atoms with Gasteiger partial charge < -0.3 is 4.74 Å². The van der Waals surface area contributed by atoms with Gasteiger partial charge in [-0.25, -0.2) is 0 Å². The van der Waals surface area contributed by atoms with Crippen molar-refractivity contribution < 1.29 is 4.74 Å². The van der Waals surface area contributed by atoms with Crippen LogP contribution in [0.25, 0.3) is 17.1 Å². The quantitative estimate of drug-likeness (QED) is 0.249. The van der Waals surface area contributed by atoms with Crippen molar-refractivity contribution in [2.24, 2.45) is 0 Å². The molecule has 0 radical (unpaired) electrons. The fraction of sp³-hybridized carbons (Fsp3) is 0.167. The molecule has 3 aromatic carbocycles. The lowest BCUT2D eigenvalue weighted by atomic mass is 10.1. The van der Waals surface area contributed by atoms with Crippen LogP contribution in [0, 0.1) is 13.8 Å². The van der Waals surface area contributed by atoms with Crippen LogP contribution in [0.3, 0.4) is 0 Å². The van der Waals surface area contributed by atoms with E-state index in [4.69, 9.17) is 16.3 Å². The summed E-state index contributed by atoms with van der Waals surface area (Å²) in [5.41, 5.74) is 4.58. The third-order valence-corrected chi connectivity index (χ3v) is 6.03. The van der Waals surface area contributed by atoms with Crippen molar-refractivity contribution in [2.75, 3.05) is 12.4 Å². The summed E-state index contributed by atoms with van der Waals surface area (Å²) in [5, 5.41) is 10.4. The van der Waals surface area contributed by atoms with Gasteiger partial charge in [-0.1, -0.05) is 71.9 Å². The Morgan fingerprint density at radius 2 is 1.67 bits per heavy atom. The van der Waals surface area contributed by atoms with Crippen LogP contribution in [0.4, 0.5) is 0 Å². The third kappa shape index (κ3) is 4.53. The summed E-state index contributed by atoms with van der Waals surface area (Å²) in [7, 11) is 0. The van der Waals surface area contributed by atoms with Gasteiger partial charge in [0, 0.05) is 11.3 Å². The van der Waals surface area contributed by atoms with E-state index in [1.807, 2.05) is 42.5 Å². The van der Waals surface area contributed by atoms with Gasteiger partial charge in [0.15, 0.2) is 11.0 Å². The number of ether oxygens (including phenoxy) is 1. The van der Waals surface area contributed by atoms with Crippen LogP contribution < -0.4 is 4.74 Å². The number of rotatable bonds is 7. The normalized spacial score (nSPS) is 10.9. The van der Waals surface area contributed by atoms with Crippen molar-refractivity contribution in [3.05, 3.63) is 88.9 Å². The average molecular weight is 436 g/mol. The number of aromatic nitrogens is 3. The van der Waals surface area contributed by atoms with Crippen LogP contribution in [-0.2, 0) is 0 Å². The lowest BCUT2D eigenvalue weighted by Crippen LogP contribution is -2.04. The van der Waals surface area contributed by atoms with Crippen molar-refractivity contribution in [1.29, 1.82) is 0 Å². The second-order valence-corrected chi connectivity index (χ2v) is 8.37.